The largest absolute Gasteiger partial charge is 0.490 e. The summed E-state index contributed by atoms with van der Waals surface area (Å²) < 4.78 is 6.29. The Morgan fingerprint density at radius 1 is 0.879 bits per heavy atom. The summed E-state index contributed by atoms with van der Waals surface area (Å²) in [4.78, 5) is 13.5. The first kappa shape index (κ1) is 23.8. The molecule has 1 heterocycles. The number of hydrogen-bond acceptors (Lipinski definition) is 3. The molecule has 2 fully saturated rings. The van der Waals surface area contributed by atoms with Crippen LogP contribution in [-0.2, 0) is 11.3 Å². The average molecular weight is 450 g/mol. The number of rotatable bonds is 6. The second-order valence-electron chi connectivity index (χ2n) is 11.1. The SMILES string of the molecule is CC(C)(C)C1CCC(Oc2ccc(-c3ccc(CN4CCC(C(=O)O)CC4)cc3)cc2)CC1. The summed E-state index contributed by atoms with van der Waals surface area (Å²) in [6.45, 7) is 9.67. The van der Waals surface area contributed by atoms with E-state index in [4.69, 9.17) is 9.84 Å². The molecule has 0 atom stereocenters. The van der Waals surface area contributed by atoms with Crippen LogP contribution in [-0.4, -0.2) is 35.2 Å². The van der Waals surface area contributed by atoms with Crippen molar-refractivity contribution < 1.29 is 14.6 Å². The summed E-state index contributed by atoms with van der Waals surface area (Å²) in [5.41, 5.74) is 4.09. The molecule has 2 aromatic carbocycles. The molecule has 0 unspecified atom stereocenters. The zero-order chi connectivity index (χ0) is 23.4. The van der Waals surface area contributed by atoms with Crippen molar-refractivity contribution in [3.63, 3.8) is 0 Å². The van der Waals surface area contributed by atoms with E-state index in [0.29, 0.717) is 11.5 Å². The Morgan fingerprint density at radius 2 is 1.42 bits per heavy atom. The van der Waals surface area contributed by atoms with Crippen LogP contribution in [0.4, 0.5) is 0 Å². The van der Waals surface area contributed by atoms with Crippen LogP contribution in [0.2, 0.25) is 0 Å². The van der Waals surface area contributed by atoms with Crippen molar-refractivity contribution in [3.8, 4) is 16.9 Å². The number of carbonyl (C=O) groups is 1. The Balaban J connectivity index is 1.27. The molecule has 4 rings (SSSR count). The van der Waals surface area contributed by atoms with E-state index in [9.17, 15) is 4.79 Å². The Morgan fingerprint density at radius 3 is 1.94 bits per heavy atom. The molecule has 33 heavy (non-hydrogen) atoms. The molecule has 178 valence electrons. The van der Waals surface area contributed by atoms with Gasteiger partial charge in [0.1, 0.15) is 5.75 Å². The Hall–Kier alpha value is -2.33. The van der Waals surface area contributed by atoms with Crippen LogP contribution in [0.5, 0.6) is 5.75 Å². The molecule has 0 amide bonds. The van der Waals surface area contributed by atoms with E-state index in [1.54, 1.807) is 0 Å². The summed E-state index contributed by atoms with van der Waals surface area (Å²) in [5, 5.41) is 9.16. The highest BCUT2D eigenvalue weighted by Crippen LogP contribution is 2.39. The normalized spacial score (nSPS) is 22.8. The molecular formula is C29H39NO3. The van der Waals surface area contributed by atoms with Crippen LogP contribution in [0.25, 0.3) is 11.1 Å². The third-order valence-electron chi connectivity index (χ3n) is 7.69. The second-order valence-corrected chi connectivity index (χ2v) is 11.1. The van der Waals surface area contributed by atoms with Crippen LogP contribution in [0.1, 0.15) is 64.9 Å². The minimum Gasteiger partial charge on any atom is -0.490 e. The number of ether oxygens (including phenoxy) is 1. The molecule has 1 saturated heterocycles. The lowest BCUT2D eigenvalue weighted by Crippen LogP contribution is -2.35. The molecule has 0 spiro atoms. The molecular weight excluding hydrogens is 410 g/mol. The maximum absolute atomic E-state index is 11.1. The molecule has 4 heteroatoms. The highest BCUT2D eigenvalue weighted by Gasteiger charge is 2.30. The van der Waals surface area contributed by atoms with Crippen LogP contribution in [0.15, 0.2) is 48.5 Å². The monoisotopic (exact) mass is 449 g/mol. The van der Waals surface area contributed by atoms with Gasteiger partial charge < -0.3 is 9.84 Å². The molecule has 0 bridgehead atoms. The van der Waals surface area contributed by atoms with Gasteiger partial charge in [-0.3, -0.25) is 9.69 Å². The van der Waals surface area contributed by atoms with Gasteiger partial charge in [0.05, 0.1) is 12.0 Å². The van der Waals surface area contributed by atoms with Gasteiger partial charge >= 0.3 is 5.97 Å². The van der Waals surface area contributed by atoms with Crippen molar-refractivity contribution in [1.82, 2.24) is 4.90 Å². The number of nitrogens with zero attached hydrogens (tertiary/aromatic N) is 1. The number of aliphatic carboxylic acids is 1. The van der Waals surface area contributed by atoms with Crippen molar-refractivity contribution in [3.05, 3.63) is 54.1 Å². The van der Waals surface area contributed by atoms with Crippen LogP contribution in [0.3, 0.4) is 0 Å². The molecule has 2 aliphatic rings. The first-order valence-corrected chi connectivity index (χ1v) is 12.6. The minimum absolute atomic E-state index is 0.172. The Labute approximate surface area is 199 Å². The standard InChI is InChI=1S/C29H39NO3/c1-29(2,3)25-10-14-27(15-11-25)33-26-12-8-23(9-13-26)22-6-4-21(5-7-22)20-30-18-16-24(17-19-30)28(31)32/h4-9,12-13,24-25,27H,10-11,14-20H2,1-3H3,(H,31,32). The summed E-state index contributed by atoms with van der Waals surface area (Å²) in [6, 6.07) is 17.3. The minimum atomic E-state index is -0.650. The fourth-order valence-corrected chi connectivity index (χ4v) is 5.36. The summed E-state index contributed by atoms with van der Waals surface area (Å²) in [6.07, 6.45) is 6.67. The van der Waals surface area contributed by atoms with E-state index in [2.05, 4.69) is 74.2 Å². The molecule has 4 nitrogen and oxygen atoms in total. The summed E-state index contributed by atoms with van der Waals surface area (Å²) in [5.74, 6) is 0.955. The van der Waals surface area contributed by atoms with E-state index in [1.807, 2.05) is 0 Å². The van der Waals surface area contributed by atoms with Crippen LogP contribution < -0.4 is 4.74 Å². The van der Waals surface area contributed by atoms with E-state index in [0.717, 1.165) is 57.0 Å². The summed E-state index contributed by atoms with van der Waals surface area (Å²) in [7, 11) is 0. The van der Waals surface area contributed by atoms with Crippen molar-refractivity contribution in [2.75, 3.05) is 13.1 Å². The average Bonchev–Trinajstić information content (AvgIpc) is 2.80. The quantitative estimate of drug-likeness (QED) is 0.537. The van der Waals surface area contributed by atoms with Gasteiger partial charge in [-0.2, -0.15) is 0 Å². The maximum Gasteiger partial charge on any atom is 0.306 e. The van der Waals surface area contributed by atoms with Gasteiger partial charge in [0.15, 0.2) is 0 Å². The van der Waals surface area contributed by atoms with E-state index < -0.39 is 5.97 Å². The van der Waals surface area contributed by atoms with E-state index >= 15 is 0 Å². The highest BCUT2D eigenvalue weighted by molar-refractivity contribution is 5.70. The van der Waals surface area contributed by atoms with Gasteiger partial charge in [-0.25, -0.2) is 0 Å². The van der Waals surface area contributed by atoms with E-state index in [-0.39, 0.29) is 5.92 Å². The van der Waals surface area contributed by atoms with Gasteiger partial charge in [-0.15, -0.1) is 0 Å². The smallest absolute Gasteiger partial charge is 0.306 e. The first-order valence-electron chi connectivity index (χ1n) is 12.6. The fourth-order valence-electron chi connectivity index (χ4n) is 5.36. The number of carboxylic acids is 1. The lowest BCUT2D eigenvalue weighted by atomic mass is 9.72. The molecule has 1 aliphatic heterocycles. The fraction of sp³-hybridized carbons (Fsp3) is 0.552. The lowest BCUT2D eigenvalue weighted by molar-refractivity contribution is -0.143. The van der Waals surface area contributed by atoms with Crippen molar-refractivity contribution in [2.45, 2.75) is 71.9 Å². The Kier molecular flexibility index (Phi) is 7.43. The lowest BCUT2D eigenvalue weighted by Gasteiger charge is -2.36. The molecule has 0 aromatic heterocycles. The van der Waals surface area contributed by atoms with Gasteiger partial charge in [0, 0.05) is 6.54 Å². The molecule has 1 saturated carbocycles. The van der Waals surface area contributed by atoms with Crippen molar-refractivity contribution in [2.24, 2.45) is 17.3 Å². The predicted molar refractivity (Wildman–Crippen MR) is 133 cm³/mol. The van der Waals surface area contributed by atoms with Crippen molar-refractivity contribution >= 4 is 5.97 Å². The van der Waals surface area contributed by atoms with Gasteiger partial charge in [0.2, 0.25) is 0 Å². The first-order chi connectivity index (χ1) is 15.8. The molecule has 1 N–H and O–H groups in total. The zero-order valence-electron chi connectivity index (χ0n) is 20.4. The molecule has 1 aliphatic carbocycles. The number of carboxylic acid groups (broad SMARTS) is 1. The second kappa shape index (κ2) is 10.3. The number of hydrogen-bond donors (Lipinski definition) is 1. The van der Waals surface area contributed by atoms with Gasteiger partial charge in [-0.1, -0.05) is 57.2 Å². The van der Waals surface area contributed by atoms with Crippen LogP contribution >= 0.6 is 0 Å². The maximum atomic E-state index is 11.1. The van der Waals surface area contributed by atoms with E-state index in [1.165, 1.54) is 29.5 Å². The zero-order valence-corrected chi connectivity index (χ0v) is 20.4. The Bertz CT molecular complexity index is 897. The topological polar surface area (TPSA) is 49.8 Å². The van der Waals surface area contributed by atoms with Crippen LogP contribution in [0, 0.1) is 17.3 Å². The van der Waals surface area contributed by atoms with Gasteiger partial charge in [0.25, 0.3) is 0 Å². The van der Waals surface area contributed by atoms with Crippen molar-refractivity contribution in [1.29, 1.82) is 0 Å². The predicted octanol–water partition coefficient (Wildman–Crippen LogP) is 6.63. The molecule has 2 aromatic rings. The number of benzene rings is 2. The third kappa shape index (κ3) is 6.38. The molecule has 0 radical (unpaired) electrons. The number of piperidine rings is 1. The highest BCUT2D eigenvalue weighted by atomic mass is 16.5. The third-order valence-corrected chi connectivity index (χ3v) is 7.69. The van der Waals surface area contributed by atoms with Gasteiger partial charge in [-0.05, 0) is 91.8 Å². The summed E-state index contributed by atoms with van der Waals surface area (Å²) >= 11 is 0. The number of likely N-dealkylation sites (tertiary alicyclic amines) is 1.